The summed E-state index contributed by atoms with van der Waals surface area (Å²) in [5.74, 6) is 0. The van der Waals surface area contributed by atoms with E-state index in [2.05, 4.69) is 6.58 Å². The molecule has 0 aromatic heterocycles. The highest BCUT2D eigenvalue weighted by molar-refractivity contribution is 7.95. The van der Waals surface area contributed by atoms with Crippen molar-refractivity contribution in [2.75, 3.05) is 6.61 Å². The van der Waals surface area contributed by atoms with Gasteiger partial charge in [-0.25, -0.2) is 8.42 Å². The molecule has 0 aromatic carbocycles. The molecule has 0 unspecified atom stereocenters. The van der Waals surface area contributed by atoms with Crippen LogP contribution in [0, 0.1) is 0 Å². The summed E-state index contributed by atoms with van der Waals surface area (Å²) in [6, 6.07) is 0. The highest BCUT2D eigenvalue weighted by atomic mass is 32.2. The van der Waals surface area contributed by atoms with Gasteiger partial charge in [-0.05, 0) is 25.7 Å². The molecular weight excluding hydrogens is 216 g/mol. The fraction of sp³-hybridized carbons (Fsp3) is 0.778. The van der Waals surface area contributed by atoms with Gasteiger partial charge in [-0.15, -0.1) is 6.58 Å². The van der Waals surface area contributed by atoms with E-state index in [4.69, 9.17) is 4.43 Å². The Morgan fingerprint density at radius 3 is 2.21 bits per heavy atom. The number of hydrogen-bond acceptors (Lipinski definition) is 3. The van der Waals surface area contributed by atoms with Crippen LogP contribution in [0.15, 0.2) is 12.7 Å². The molecule has 2 aliphatic rings. The molecule has 0 N–H and O–H groups in total. The van der Waals surface area contributed by atoms with Gasteiger partial charge in [0.1, 0.15) is 10.5 Å². The lowest BCUT2D eigenvalue weighted by Crippen LogP contribution is -2.37. The van der Waals surface area contributed by atoms with Crippen molar-refractivity contribution in [3.05, 3.63) is 12.7 Å². The average molecular weight is 232 g/mol. The minimum Gasteiger partial charge on any atom is -0.426 e. The molecule has 2 saturated carbocycles. The van der Waals surface area contributed by atoms with Gasteiger partial charge in [0.25, 0.3) is 0 Å². The predicted molar refractivity (Wildman–Crippen MR) is 58.9 cm³/mol. The number of sulfone groups is 1. The second-order valence-electron chi connectivity index (χ2n) is 4.39. The Labute approximate surface area is 88.0 Å². The van der Waals surface area contributed by atoms with Crippen molar-refractivity contribution in [1.29, 1.82) is 0 Å². The standard InChI is InChI=1S/C9H16O3SSi/c1-2-8(3-4-8)13(10,11)9(5-6-9)7-12-14/h2H,1,3-7H2,14H3. The van der Waals surface area contributed by atoms with Crippen LogP contribution in [0.4, 0.5) is 0 Å². The van der Waals surface area contributed by atoms with Crippen molar-refractivity contribution in [2.24, 2.45) is 0 Å². The maximum Gasteiger partial charge on any atom is 0.167 e. The molecule has 0 atom stereocenters. The van der Waals surface area contributed by atoms with E-state index in [1.54, 1.807) is 6.08 Å². The molecule has 0 heterocycles. The number of hydrogen-bond donors (Lipinski definition) is 0. The van der Waals surface area contributed by atoms with E-state index in [1.807, 2.05) is 0 Å². The Kier molecular flexibility index (Phi) is 2.17. The lowest BCUT2D eigenvalue weighted by Gasteiger charge is -2.20. The van der Waals surface area contributed by atoms with Gasteiger partial charge < -0.3 is 4.43 Å². The zero-order chi connectivity index (χ0) is 10.4. The van der Waals surface area contributed by atoms with E-state index in [9.17, 15) is 8.42 Å². The largest absolute Gasteiger partial charge is 0.426 e. The van der Waals surface area contributed by atoms with Gasteiger partial charge in [0.2, 0.25) is 0 Å². The van der Waals surface area contributed by atoms with Crippen LogP contribution in [0.1, 0.15) is 25.7 Å². The van der Waals surface area contributed by atoms with E-state index in [-0.39, 0.29) is 0 Å². The summed E-state index contributed by atoms with van der Waals surface area (Å²) < 4.78 is 28.6. The molecule has 14 heavy (non-hydrogen) atoms. The van der Waals surface area contributed by atoms with Crippen molar-refractivity contribution < 1.29 is 12.8 Å². The predicted octanol–water partition coefficient (Wildman–Crippen LogP) is -0.0506. The minimum absolute atomic E-state index is 0.400. The van der Waals surface area contributed by atoms with Gasteiger partial charge in [0, 0.05) is 0 Å². The average Bonchev–Trinajstić information content (AvgIpc) is 3.01. The summed E-state index contributed by atoms with van der Waals surface area (Å²) in [4.78, 5) is 0. The SMILES string of the molecule is C=CC1(S(=O)(=O)C2(CO[SiH3])CC2)CC1. The normalized spacial score (nSPS) is 27.1. The van der Waals surface area contributed by atoms with Crippen molar-refractivity contribution in [2.45, 2.75) is 35.2 Å². The maximum atomic E-state index is 12.3. The lowest BCUT2D eigenvalue weighted by molar-refractivity contribution is 0.334. The number of rotatable bonds is 5. The van der Waals surface area contributed by atoms with Crippen LogP contribution in [0.25, 0.3) is 0 Å². The maximum absolute atomic E-state index is 12.3. The fourth-order valence-corrected chi connectivity index (χ4v) is 5.43. The highest BCUT2D eigenvalue weighted by Gasteiger charge is 2.65. The van der Waals surface area contributed by atoms with E-state index in [1.165, 1.54) is 0 Å². The van der Waals surface area contributed by atoms with Gasteiger partial charge in [-0.3, -0.25) is 0 Å². The second-order valence-corrected chi connectivity index (χ2v) is 7.65. The second kappa shape index (κ2) is 2.93. The van der Waals surface area contributed by atoms with Crippen LogP contribution in [0.3, 0.4) is 0 Å². The summed E-state index contributed by atoms with van der Waals surface area (Å²) in [5, 5.41) is 0. The third-order valence-electron chi connectivity index (χ3n) is 3.44. The Morgan fingerprint density at radius 1 is 1.36 bits per heavy atom. The molecule has 0 saturated heterocycles. The topological polar surface area (TPSA) is 43.4 Å². The molecular formula is C9H16O3SSi. The van der Waals surface area contributed by atoms with Crippen LogP contribution >= 0.6 is 0 Å². The van der Waals surface area contributed by atoms with Crippen LogP contribution in [-0.2, 0) is 14.3 Å². The zero-order valence-electron chi connectivity index (χ0n) is 8.45. The first kappa shape index (κ1) is 10.4. The van der Waals surface area contributed by atoms with Crippen LogP contribution in [0.5, 0.6) is 0 Å². The van der Waals surface area contributed by atoms with Crippen LogP contribution < -0.4 is 0 Å². The highest BCUT2D eigenvalue weighted by Crippen LogP contribution is 2.56. The zero-order valence-corrected chi connectivity index (χ0v) is 11.3. The minimum atomic E-state index is -3.05. The molecule has 3 nitrogen and oxygen atoms in total. The van der Waals surface area contributed by atoms with E-state index in [0.29, 0.717) is 17.1 Å². The molecule has 2 aliphatic carbocycles. The first-order chi connectivity index (χ1) is 6.54. The van der Waals surface area contributed by atoms with Crippen molar-refractivity contribution >= 4 is 20.3 Å². The van der Waals surface area contributed by atoms with Crippen molar-refractivity contribution in [3.8, 4) is 0 Å². The molecule has 80 valence electrons. The summed E-state index contributed by atoms with van der Waals surface area (Å²) >= 11 is 0. The lowest BCUT2D eigenvalue weighted by atomic mass is 10.4. The van der Waals surface area contributed by atoms with E-state index < -0.39 is 19.3 Å². The Bertz CT molecular complexity index is 352. The Balaban J connectivity index is 2.29. The molecule has 0 aliphatic heterocycles. The van der Waals surface area contributed by atoms with Gasteiger partial charge >= 0.3 is 0 Å². The summed E-state index contributed by atoms with van der Waals surface area (Å²) in [6.45, 7) is 4.05. The Hall–Kier alpha value is -0.133. The van der Waals surface area contributed by atoms with Crippen LogP contribution in [-0.4, -0.2) is 35.0 Å². The fourth-order valence-electron chi connectivity index (χ4n) is 2.03. The van der Waals surface area contributed by atoms with Crippen molar-refractivity contribution in [1.82, 2.24) is 0 Å². The first-order valence-corrected chi connectivity index (χ1v) is 7.20. The molecule has 5 heteroatoms. The van der Waals surface area contributed by atoms with E-state index in [0.717, 1.165) is 25.7 Å². The smallest absolute Gasteiger partial charge is 0.167 e. The first-order valence-electron chi connectivity index (χ1n) is 4.90. The van der Waals surface area contributed by atoms with Gasteiger partial charge in [-0.1, -0.05) is 6.08 Å². The molecule has 2 rings (SSSR count). The van der Waals surface area contributed by atoms with E-state index >= 15 is 0 Å². The molecule has 2 fully saturated rings. The third kappa shape index (κ3) is 1.15. The Morgan fingerprint density at radius 2 is 1.93 bits per heavy atom. The van der Waals surface area contributed by atoms with Crippen LogP contribution in [0.2, 0.25) is 0 Å². The van der Waals surface area contributed by atoms with Gasteiger partial charge in [0.05, 0.1) is 16.1 Å². The van der Waals surface area contributed by atoms with Gasteiger partial charge in [0.15, 0.2) is 9.84 Å². The molecule has 0 amide bonds. The molecule has 0 aromatic rings. The summed E-state index contributed by atoms with van der Waals surface area (Å²) in [7, 11) is -2.44. The molecule has 0 spiro atoms. The summed E-state index contributed by atoms with van der Waals surface area (Å²) in [5.41, 5.74) is 0. The van der Waals surface area contributed by atoms with Gasteiger partial charge in [-0.2, -0.15) is 0 Å². The quantitative estimate of drug-likeness (QED) is 0.493. The monoisotopic (exact) mass is 232 g/mol. The molecule has 0 bridgehead atoms. The summed E-state index contributed by atoms with van der Waals surface area (Å²) in [6.07, 6.45) is 4.67. The third-order valence-corrected chi connectivity index (χ3v) is 7.04. The molecule has 0 radical (unpaired) electrons. The van der Waals surface area contributed by atoms with Crippen molar-refractivity contribution in [3.63, 3.8) is 0 Å².